The third-order valence-electron chi connectivity index (χ3n) is 2.67. The number of hydrogen-bond donors (Lipinski definition) is 4. The van der Waals surface area contributed by atoms with Crippen LogP contribution >= 0.6 is 0 Å². The van der Waals surface area contributed by atoms with E-state index in [-0.39, 0.29) is 0 Å². The van der Waals surface area contributed by atoms with E-state index in [1.54, 1.807) is 0 Å². The molecule has 0 heterocycles. The monoisotopic (exact) mass is 297 g/mol. The summed E-state index contributed by atoms with van der Waals surface area (Å²) in [5.41, 5.74) is 8.04. The van der Waals surface area contributed by atoms with Crippen LogP contribution in [0, 0.1) is 0 Å². The van der Waals surface area contributed by atoms with Gasteiger partial charge in [-0.2, -0.15) is 0 Å². The highest BCUT2D eigenvalue weighted by Crippen LogP contribution is 2.00. The van der Waals surface area contributed by atoms with Crippen LogP contribution in [0.3, 0.4) is 0 Å². The van der Waals surface area contributed by atoms with Crippen molar-refractivity contribution < 1.29 is 0 Å². The molecule has 0 unspecified atom stereocenters. The molecule has 0 aliphatic heterocycles. The summed E-state index contributed by atoms with van der Waals surface area (Å²) in [5, 5.41) is 10.1. The molecule has 0 aromatic rings. The molecule has 5 heteroatoms. The zero-order valence-corrected chi connectivity index (χ0v) is 14.3. The van der Waals surface area contributed by atoms with Crippen LogP contribution in [0.1, 0.15) is 27.7 Å². The van der Waals surface area contributed by atoms with Crippen molar-refractivity contribution in [2.75, 3.05) is 52.4 Å². The van der Waals surface area contributed by atoms with Gasteiger partial charge in [0.05, 0.1) is 0 Å². The average Bonchev–Trinajstić information content (AvgIpc) is 2.39. The van der Waals surface area contributed by atoms with Crippen molar-refractivity contribution in [3.63, 3.8) is 0 Å². The molecule has 0 bridgehead atoms. The smallest absolute Gasteiger partial charge is 0.0344 e. The molecule has 0 spiro atoms. The van der Waals surface area contributed by atoms with Crippen LogP contribution < -0.4 is 21.7 Å². The maximum Gasteiger partial charge on any atom is 0.0344 e. The summed E-state index contributed by atoms with van der Waals surface area (Å²) < 4.78 is 0. The summed E-state index contributed by atoms with van der Waals surface area (Å²) in [7, 11) is 0. The van der Waals surface area contributed by atoms with Gasteiger partial charge in [-0.1, -0.05) is 11.1 Å². The first-order chi connectivity index (χ1) is 10.1. The Labute approximate surface area is 131 Å². The molecule has 0 saturated heterocycles. The largest absolute Gasteiger partial charge is 0.353 e. The molecule has 0 fully saturated rings. The molecule has 0 rings (SSSR count). The van der Waals surface area contributed by atoms with Gasteiger partial charge in [0.15, 0.2) is 0 Å². The molecule has 21 heavy (non-hydrogen) atoms. The van der Waals surface area contributed by atoms with Gasteiger partial charge >= 0.3 is 0 Å². The van der Waals surface area contributed by atoms with Gasteiger partial charge in [-0.3, -0.25) is 0 Å². The third kappa shape index (κ3) is 15.3. The molecule has 0 aromatic heterocycles. The number of hydrogen-bond acceptors (Lipinski definition) is 5. The van der Waals surface area contributed by atoms with Gasteiger partial charge in [0.1, 0.15) is 0 Å². The van der Waals surface area contributed by atoms with Crippen LogP contribution in [0.4, 0.5) is 0 Å². The molecule has 0 amide bonds. The number of nitrogens with two attached hydrogens (primary N) is 1. The average molecular weight is 297 g/mol. The van der Waals surface area contributed by atoms with Crippen LogP contribution in [-0.4, -0.2) is 57.3 Å². The van der Waals surface area contributed by atoms with Gasteiger partial charge in [-0.05, 0) is 27.7 Å². The summed E-state index contributed by atoms with van der Waals surface area (Å²) in [6, 6.07) is 0. The summed E-state index contributed by atoms with van der Waals surface area (Å²) in [4.78, 5) is 2.25. The Kier molecular flexibility index (Phi) is 13.5. The normalized spacial score (nSPS) is 10.3. The van der Waals surface area contributed by atoms with Crippen molar-refractivity contribution in [1.29, 1.82) is 0 Å². The van der Waals surface area contributed by atoms with Gasteiger partial charge in [0.25, 0.3) is 0 Å². The van der Waals surface area contributed by atoms with Crippen molar-refractivity contribution in [2.45, 2.75) is 27.7 Å². The maximum absolute atomic E-state index is 5.40. The van der Waals surface area contributed by atoms with E-state index in [9.17, 15) is 0 Å². The zero-order chi connectivity index (χ0) is 15.9. The lowest BCUT2D eigenvalue weighted by molar-refractivity contribution is 0.472. The number of nitrogens with zero attached hydrogens (tertiary/aromatic N) is 1. The molecule has 5 nitrogen and oxygen atoms in total. The highest BCUT2D eigenvalue weighted by molar-refractivity contribution is 5.01. The van der Waals surface area contributed by atoms with Crippen molar-refractivity contribution in [3.05, 3.63) is 23.5 Å². The minimum absolute atomic E-state index is 0.704. The summed E-state index contributed by atoms with van der Waals surface area (Å²) in [6.07, 6.45) is 4.38. The van der Waals surface area contributed by atoms with E-state index in [0.717, 1.165) is 45.8 Å². The molecule has 0 aromatic carbocycles. The van der Waals surface area contributed by atoms with E-state index in [2.05, 4.69) is 60.9 Å². The Balaban J connectivity index is 3.59. The molecule has 0 atom stereocenters. The van der Waals surface area contributed by atoms with Crippen LogP contribution in [0.5, 0.6) is 0 Å². The quantitative estimate of drug-likeness (QED) is 0.380. The predicted molar refractivity (Wildman–Crippen MR) is 93.2 cm³/mol. The second-order valence-corrected chi connectivity index (χ2v) is 5.69. The molecule has 0 saturated carbocycles. The van der Waals surface area contributed by atoms with E-state index in [4.69, 9.17) is 5.73 Å². The topological polar surface area (TPSA) is 65.3 Å². The van der Waals surface area contributed by atoms with Gasteiger partial charge < -0.3 is 26.6 Å². The van der Waals surface area contributed by atoms with E-state index in [1.165, 1.54) is 11.1 Å². The van der Waals surface area contributed by atoms with Crippen LogP contribution in [0.2, 0.25) is 0 Å². The molecular weight excluding hydrogens is 262 g/mol. The van der Waals surface area contributed by atoms with Crippen molar-refractivity contribution >= 4 is 0 Å². The van der Waals surface area contributed by atoms with Gasteiger partial charge in [0, 0.05) is 64.8 Å². The van der Waals surface area contributed by atoms with E-state index in [1.807, 2.05) is 0 Å². The van der Waals surface area contributed by atoms with Crippen molar-refractivity contribution in [1.82, 2.24) is 20.9 Å². The fourth-order valence-corrected chi connectivity index (χ4v) is 1.87. The molecule has 0 aliphatic carbocycles. The second-order valence-electron chi connectivity index (χ2n) is 5.69. The Morgan fingerprint density at radius 2 is 1.19 bits per heavy atom. The summed E-state index contributed by atoms with van der Waals surface area (Å²) >= 11 is 0. The number of allylic oxidation sites excluding steroid dienone is 2. The van der Waals surface area contributed by atoms with E-state index >= 15 is 0 Å². The minimum Gasteiger partial charge on any atom is -0.353 e. The van der Waals surface area contributed by atoms with Crippen LogP contribution in [-0.2, 0) is 0 Å². The first-order valence-corrected chi connectivity index (χ1v) is 7.94. The Morgan fingerprint density at radius 3 is 1.62 bits per heavy atom. The second kappa shape index (κ2) is 14.1. The molecule has 5 N–H and O–H groups in total. The summed E-state index contributed by atoms with van der Waals surface area (Å²) in [5.74, 6) is 0. The predicted octanol–water partition coefficient (Wildman–Crippen LogP) is 0.863. The van der Waals surface area contributed by atoms with Crippen molar-refractivity contribution in [2.24, 2.45) is 5.73 Å². The lowest BCUT2D eigenvalue weighted by atomic mass is 10.3. The number of nitrogens with one attached hydrogen (secondary N) is 3. The van der Waals surface area contributed by atoms with E-state index < -0.39 is 0 Å². The molecule has 0 radical (unpaired) electrons. The standard InChI is InChI=1S/C16H35N5/c1-15(2)13-21(14-16(3)4)12-11-20-10-9-19-8-7-18-6-5-17/h13-14,18-20H,5-12,17H2,1-4H3. The van der Waals surface area contributed by atoms with Crippen LogP contribution in [0.25, 0.3) is 0 Å². The minimum atomic E-state index is 0.704. The lowest BCUT2D eigenvalue weighted by Gasteiger charge is -2.18. The molecular formula is C16H35N5. The van der Waals surface area contributed by atoms with Crippen molar-refractivity contribution in [3.8, 4) is 0 Å². The van der Waals surface area contributed by atoms with Gasteiger partial charge in [-0.15, -0.1) is 0 Å². The highest BCUT2D eigenvalue weighted by atomic mass is 15.1. The van der Waals surface area contributed by atoms with Crippen LogP contribution in [0.15, 0.2) is 23.5 Å². The third-order valence-corrected chi connectivity index (χ3v) is 2.67. The molecule has 0 aliphatic rings. The fourth-order valence-electron chi connectivity index (χ4n) is 1.87. The SMILES string of the molecule is CC(C)=CN(C=C(C)C)CCNCCNCCNCCN. The van der Waals surface area contributed by atoms with Gasteiger partial charge in [-0.25, -0.2) is 0 Å². The van der Waals surface area contributed by atoms with Gasteiger partial charge in [0.2, 0.25) is 0 Å². The Morgan fingerprint density at radius 1 is 0.762 bits per heavy atom. The maximum atomic E-state index is 5.40. The lowest BCUT2D eigenvalue weighted by Crippen LogP contribution is -2.35. The summed E-state index contributed by atoms with van der Waals surface area (Å²) in [6.45, 7) is 16.0. The Bertz CT molecular complexity index is 273. The molecule has 124 valence electrons. The fraction of sp³-hybridized carbons (Fsp3) is 0.750. The first kappa shape index (κ1) is 20.1. The van der Waals surface area contributed by atoms with E-state index in [0.29, 0.717) is 6.54 Å². The number of rotatable bonds is 13. The highest BCUT2D eigenvalue weighted by Gasteiger charge is 1.96. The zero-order valence-electron chi connectivity index (χ0n) is 14.3. The first-order valence-electron chi connectivity index (χ1n) is 7.94. The Hall–Kier alpha value is -0.880.